The Kier molecular flexibility index (Phi) is 24.8. The zero-order valence-electron chi connectivity index (χ0n) is 52.6. The molecule has 2 aliphatic carbocycles. The molecule has 0 spiro atoms. The number of hydrogen-bond acceptors (Lipinski definition) is 2. The van der Waals surface area contributed by atoms with Crippen LogP contribution in [0.4, 0.5) is 0 Å². The van der Waals surface area contributed by atoms with E-state index >= 15 is 0 Å². The zero-order chi connectivity index (χ0) is 58.3. The lowest BCUT2D eigenvalue weighted by Gasteiger charge is -2.46. The second-order valence-corrected chi connectivity index (χ2v) is 24.8. The van der Waals surface area contributed by atoms with Gasteiger partial charge in [-0.2, -0.15) is 0 Å². The average molecular weight is 1130 g/mol. The van der Waals surface area contributed by atoms with Crippen LogP contribution in [0.25, 0.3) is 0 Å². The Labute approximate surface area is 506 Å². The van der Waals surface area contributed by atoms with Crippen molar-refractivity contribution in [2.45, 2.75) is 232 Å². The summed E-state index contributed by atoms with van der Waals surface area (Å²) < 4.78 is 15.5. The maximum atomic E-state index is 7.77. The molecule has 0 amide bonds. The molecule has 440 valence electrons. The van der Waals surface area contributed by atoms with Gasteiger partial charge in [-0.1, -0.05) is 265 Å². The van der Waals surface area contributed by atoms with Crippen LogP contribution in [0.15, 0.2) is 181 Å². The molecule has 0 fully saturated rings. The van der Waals surface area contributed by atoms with Crippen molar-refractivity contribution >= 4 is 9.03 Å². The minimum absolute atomic E-state index is 0.143. The van der Waals surface area contributed by atoms with Gasteiger partial charge >= 0.3 is 0 Å². The fourth-order valence-corrected chi connectivity index (χ4v) is 14.9. The van der Waals surface area contributed by atoms with Gasteiger partial charge in [0, 0.05) is 0 Å². The average Bonchev–Trinajstić information content (AvgIpc) is 1.35. The van der Waals surface area contributed by atoms with E-state index < -0.39 is 10.8 Å². The summed E-state index contributed by atoms with van der Waals surface area (Å²) in [6.07, 6.45) is 41.1. The van der Waals surface area contributed by atoms with Gasteiger partial charge in [-0.25, -0.2) is 0 Å². The van der Waals surface area contributed by atoms with Crippen molar-refractivity contribution in [1.82, 2.24) is 0 Å². The van der Waals surface area contributed by atoms with Gasteiger partial charge in [0.15, 0.2) is 0 Å². The van der Waals surface area contributed by atoms with Crippen LogP contribution in [0.1, 0.15) is 248 Å². The summed E-state index contributed by atoms with van der Waals surface area (Å²) in [5.41, 5.74) is 19.1. The Morgan fingerprint density at radius 2 is 0.566 bits per heavy atom. The molecular formula is C80H103O2P. The largest absolute Gasteiger partial charge is 0.444 e. The van der Waals surface area contributed by atoms with Crippen molar-refractivity contribution in [3.63, 3.8) is 0 Å². The molecule has 4 unspecified atom stereocenters. The number of aryl methyl sites for hydroxylation is 8. The highest BCUT2D eigenvalue weighted by molar-refractivity contribution is 7.26. The van der Waals surface area contributed by atoms with Crippen LogP contribution in [-0.4, -0.2) is 0 Å². The van der Waals surface area contributed by atoms with E-state index in [4.69, 9.17) is 9.05 Å². The lowest BCUT2D eigenvalue weighted by molar-refractivity contribution is 0.302. The molecule has 83 heavy (non-hydrogen) atoms. The Balaban J connectivity index is 1.38. The lowest BCUT2D eigenvalue weighted by atomic mass is 9.57. The predicted molar refractivity (Wildman–Crippen MR) is 360 cm³/mol. The lowest BCUT2D eigenvalue weighted by Crippen LogP contribution is -2.39. The predicted octanol–water partition coefficient (Wildman–Crippen LogP) is 22.7. The Hall–Kier alpha value is -5.69. The number of allylic oxidation sites excluding steroid dienone is 8. The first-order valence-corrected chi connectivity index (χ1v) is 34.1. The highest BCUT2D eigenvalue weighted by atomic mass is 31.1. The highest BCUT2D eigenvalue weighted by Gasteiger charge is 2.51. The molecule has 4 atom stereocenters. The first-order valence-electron chi connectivity index (χ1n) is 33.3. The van der Waals surface area contributed by atoms with Gasteiger partial charge < -0.3 is 9.05 Å². The van der Waals surface area contributed by atoms with Crippen LogP contribution in [0.2, 0.25) is 0 Å². The number of rotatable bonds is 34. The summed E-state index contributed by atoms with van der Waals surface area (Å²) in [5.74, 6) is 1.71. The second-order valence-electron chi connectivity index (χ2n) is 24.2. The summed E-state index contributed by atoms with van der Waals surface area (Å²) in [6, 6.07) is 52.3. The molecular weight excluding hydrogens is 1020 g/mol. The Bertz CT molecular complexity index is 2760. The van der Waals surface area contributed by atoms with E-state index in [-0.39, 0.29) is 20.9 Å². The molecule has 0 bridgehead atoms. The van der Waals surface area contributed by atoms with Crippen molar-refractivity contribution in [2.24, 2.45) is 0 Å². The standard InChI is InChI=1S/C80H103O2P/c1-9-17-37-61-45-31-46-62(38-18-10-2)73(61)77-71(57-35-59-79(77,69-53-27-25-28-54-69)75-65(41-21-13-5)49-33-50-66(75)42-22-14-6)81-83-82-72-58-36-60-80(70-55-29-26-30-56-70,76-67(43-23-15-7)51-34-52-68(76)44-24-16-8)78(72)74-63(39-19-11-3)47-32-48-64(74)40-20-12-4/h25-36,45-60,77-78,83H,9-24,37-44H2,1-8H3. The van der Waals surface area contributed by atoms with Crippen LogP contribution in [0.5, 0.6) is 0 Å². The molecule has 3 heteroatoms. The van der Waals surface area contributed by atoms with Crippen LogP contribution < -0.4 is 0 Å². The molecule has 2 nitrogen and oxygen atoms in total. The second kappa shape index (κ2) is 32.6. The summed E-state index contributed by atoms with van der Waals surface area (Å²) in [7, 11) is -0.285. The highest BCUT2D eigenvalue weighted by Crippen LogP contribution is 2.59. The van der Waals surface area contributed by atoms with Gasteiger partial charge in [0.2, 0.25) is 0 Å². The maximum Gasteiger partial charge on any atom is 0.274 e. The molecule has 0 heterocycles. The summed E-state index contributed by atoms with van der Waals surface area (Å²) in [6.45, 7) is 18.7. The van der Waals surface area contributed by atoms with E-state index in [1.807, 2.05) is 0 Å². The fourth-order valence-electron chi connectivity index (χ4n) is 14.3. The van der Waals surface area contributed by atoms with Gasteiger partial charge in [-0.15, -0.1) is 0 Å². The fraction of sp³-hybridized carbons (Fsp3) is 0.450. The third kappa shape index (κ3) is 14.5. The molecule has 0 aliphatic heterocycles. The molecule has 8 rings (SSSR count). The Morgan fingerprint density at radius 3 is 0.831 bits per heavy atom. The summed E-state index contributed by atoms with van der Waals surface area (Å²) in [4.78, 5) is 0. The minimum Gasteiger partial charge on any atom is -0.444 e. The van der Waals surface area contributed by atoms with Crippen molar-refractivity contribution in [3.05, 3.63) is 259 Å². The summed E-state index contributed by atoms with van der Waals surface area (Å²) in [5, 5.41) is 0. The van der Waals surface area contributed by atoms with E-state index in [1.165, 1.54) is 77.9 Å². The molecule has 0 radical (unpaired) electrons. The van der Waals surface area contributed by atoms with Crippen molar-refractivity contribution in [3.8, 4) is 0 Å². The van der Waals surface area contributed by atoms with Crippen LogP contribution >= 0.6 is 9.03 Å². The normalized spacial score (nSPS) is 18.7. The minimum atomic E-state index is -0.562. The van der Waals surface area contributed by atoms with Crippen LogP contribution in [0.3, 0.4) is 0 Å². The van der Waals surface area contributed by atoms with Gasteiger partial charge in [-0.05, 0) is 193 Å². The molecule has 6 aromatic rings. The van der Waals surface area contributed by atoms with E-state index in [1.54, 1.807) is 0 Å². The van der Waals surface area contributed by atoms with Crippen LogP contribution in [0, 0.1) is 0 Å². The third-order valence-corrected chi connectivity index (χ3v) is 19.0. The smallest absolute Gasteiger partial charge is 0.274 e. The monoisotopic (exact) mass is 1130 g/mol. The molecule has 2 aliphatic rings. The van der Waals surface area contributed by atoms with E-state index in [0.29, 0.717) is 0 Å². The van der Waals surface area contributed by atoms with Crippen molar-refractivity contribution in [2.75, 3.05) is 0 Å². The van der Waals surface area contributed by atoms with Crippen molar-refractivity contribution in [1.29, 1.82) is 0 Å². The van der Waals surface area contributed by atoms with E-state index in [2.05, 4.69) is 225 Å². The zero-order valence-corrected chi connectivity index (χ0v) is 53.6. The summed E-state index contributed by atoms with van der Waals surface area (Å²) >= 11 is 0. The van der Waals surface area contributed by atoms with Gasteiger partial charge in [0.05, 0.1) is 22.7 Å². The van der Waals surface area contributed by atoms with E-state index in [9.17, 15) is 0 Å². The number of hydrogen-bond donors (Lipinski definition) is 0. The quantitative estimate of drug-likeness (QED) is 0.0375. The molecule has 0 saturated carbocycles. The van der Waals surface area contributed by atoms with Crippen molar-refractivity contribution < 1.29 is 9.05 Å². The molecule has 6 aromatic carbocycles. The van der Waals surface area contributed by atoms with Gasteiger partial charge in [0.1, 0.15) is 11.5 Å². The van der Waals surface area contributed by atoms with Gasteiger partial charge in [-0.3, -0.25) is 0 Å². The first-order chi connectivity index (χ1) is 40.9. The van der Waals surface area contributed by atoms with Crippen LogP contribution in [-0.2, 0) is 71.2 Å². The first kappa shape index (κ1) is 63.3. The molecule has 0 saturated heterocycles. The topological polar surface area (TPSA) is 18.5 Å². The van der Waals surface area contributed by atoms with E-state index in [0.717, 1.165) is 166 Å². The molecule has 0 N–H and O–H groups in total. The third-order valence-electron chi connectivity index (χ3n) is 18.4. The van der Waals surface area contributed by atoms with Gasteiger partial charge in [0.25, 0.3) is 9.03 Å². The SMILES string of the molecule is CCCCc1cccc(CCCC)c1C1C(OPOC2=CC=CC(c3ccccc3)(c3c(CCCC)cccc3CCCC)C2c2c(CCCC)cccc2CCCC)=CC=CC1(c1ccccc1)c1c(CCCC)cccc1CCCC. The maximum absolute atomic E-state index is 7.77. The Morgan fingerprint density at radius 1 is 0.313 bits per heavy atom. The molecule has 0 aromatic heterocycles. The number of benzene rings is 6. The number of unbranched alkanes of at least 4 members (excludes halogenated alkanes) is 8.